The van der Waals surface area contributed by atoms with E-state index in [0.717, 1.165) is 47.3 Å². The van der Waals surface area contributed by atoms with Gasteiger partial charge in [-0.15, -0.1) is 5.10 Å². The number of unbranched alkanes of at least 4 members (excludes halogenated alkanes) is 1. The highest BCUT2D eigenvalue weighted by atomic mass is 16.2. The monoisotopic (exact) mass is 456 g/mol. The normalized spacial score (nSPS) is 11.5. The van der Waals surface area contributed by atoms with Crippen LogP contribution in [0.5, 0.6) is 0 Å². The van der Waals surface area contributed by atoms with Crippen LogP contribution in [0.15, 0.2) is 72.8 Å². The summed E-state index contributed by atoms with van der Waals surface area (Å²) in [6.07, 6.45) is 9.63. The number of aromatic nitrogens is 5. The zero-order valence-corrected chi connectivity index (χ0v) is 18.8. The summed E-state index contributed by atoms with van der Waals surface area (Å²) in [7, 11) is 0. The van der Waals surface area contributed by atoms with Crippen molar-refractivity contribution in [2.24, 2.45) is 5.73 Å². The van der Waals surface area contributed by atoms with Crippen molar-refractivity contribution in [1.29, 1.82) is 0 Å². The number of benzene rings is 1. The van der Waals surface area contributed by atoms with E-state index in [0.29, 0.717) is 18.9 Å². The molecule has 0 aliphatic rings. The number of aromatic amines is 1. The van der Waals surface area contributed by atoms with Crippen molar-refractivity contribution in [2.45, 2.75) is 32.4 Å². The summed E-state index contributed by atoms with van der Waals surface area (Å²) in [5.74, 6) is 0.320. The third-order valence-electron chi connectivity index (χ3n) is 5.40. The number of nitrogens with two attached hydrogens (primary N) is 2. The largest absolute Gasteiger partial charge is 0.402 e. The van der Waals surface area contributed by atoms with E-state index in [1.807, 2.05) is 60.8 Å². The minimum atomic E-state index is -0.276. The number of allylic oxidation sites excluding steroid dienone is 1. The van der Waals surface area contributed by atoms with Gasteiger partial charge in [-0.05, 0) is 43.0 Å². The van der Waals surface area contributed by atoms with Crippen LogP contribution in [0.4, 0.5) is 5.82 Å². The summed E-state index contributed by atoms with van der Waals surface area (Å²) < 4.78 is 1.67. The first-order valence-electron chi connectivity index (χ1n) is 11.2. The standard InChI is InChI=1S/C25H28N8O/c26-19(14-21-22(16-29-24(21)27)18-8-2-1-3-9-18)10-5-7-13-33-17-23(31-32-33)25(34)30-15-20-11-4-6-12-28-20/h1-4,6,8-9,11-12,14,16-17,29H,5,7,10,13,15,26-27H2,(H,30,34)/b19-14-. The molecule has 174 valence electrons. The number of nitrogens with one attached hydrogen (secondary N) is 2. The number of rotatable bonds is 10. The number of hydrogen-bond donors (Lipinski definition) is 4. The number of carbonyl (C=O) groups is 1. The van der Waals surface area contributed by atoms with E-state index >= 15 is 0 Å². The van der Waals surface area contributed by atoms with Gasteiger partial charge in [-0.1, -0.05) is 41.6 Å². The van der Waals surface area contributed by atoms with Gasteiger partial charge in [0.25, 0.3) is 5.91 Å². The molecule has 0 spiro atoms. The number of amides is 1. The van der Waals surface area contributed by atoms with Crippen molar-refractivity contribution in [2.75, 3.05) is 5.73 Å². The minimum absolute atomic E-state index is 0.276. The fraction of sp³-hybridized carbons (Fsp3) is 0.200. The molecule has 3 aromatic heterocycles. The topological polar surface area (TPSA) is 141 Å². The molecule has 0 bridgehead atoms. The summed E-state index contributed by atoms with van der Waals surface area (Å²) in [4.78, 5) is 19.5. The van der Waals surface area contributed by atoms with E-state index in [1.54, 1.807) is 17.1 Å². The van der Waals surface area contributed by atoms with Crippen molar-refractivity contribution in [3.05, 3.63) is 89.8 Å². The second-order valence-corrected chi connectivity index (χ2v) is 7.94. The quantitative estimate of drug-likeness (QED) is 0.270. The van der Waals surface area contributed by atoms with E-state index in [4.69, 9.17) is 11.5 Å². The van der Waals surface area contributed by atoms with Gasteiger partial charge in [0.1, 0.15) is 5.82 Å². The first kappa shape index (κ1) is 22.8. The Morgan fingerprint density at radius 1 is 1.12 bits per heavy atom. The van der Waals surface area contributed by atoms with Gasteiger partial charge in [0.05, 0.1) is 18.4 Å². The number of anilines is 1. The van der Waals surface area contributed by atoms with Gasteiger partial charge in [0, 0.05) is 35.8 Å². The third-order valence-corrected chi connectivity index (χ3v) is 5.40. The van der Waals surface area contributed by atoms with Crippen molar-refractivity contribution in [3.63, 3.8) is 0 Å². The molecule has 0 saturated heterocycles. The van der Waals surface area contributed by atoms with E-state index in [2.05, 4.69) is 25.6 Å². The highest BCUT2D eigenvalue weighted by Gasteiger charge is 2.11. The maximum absolute atomic E-state index is 12.3. The Morgan fingerprint density at radius 2 is 1.94 bits per heavy atom. The summed E-state index contributed by atoms with van der Waals surface area (Å²) >= 11 is 0. The van der Waals surface area contributed by atoms with Gasteiger partial charge in [0.15, 0.2) is 5.69 Å². The highest BCUT2D eigenvalue weighted by Crippen LogP contribution is 2.29. The van der Waals surface area contributed by atoms with Crippen LogP contribution in [-0.4, -0.2) is 30.9 Å². The highest BCUT2D eigenvalue weighted by molar-refractivity contribution is 5.91. The van der Waals surface area contributed by atoms with E-state index in [-0.39, 0.29) is 11.6 Å². The van der Waals surface area contributed by atoms with Crippen molar-refractivity contribution < 1.29 is 4.79 Å². The van der Waals surface area contributed by atoms with Crippen LogP contribution in [0.3, 0.4) is 0 Å². The van der Waals surface area contributed by atoms with Crippen LogP contribution in [0, 0.1) is 0 Å². The Hall–Kier alpha value is -4.40. The van der Waals surface area contributed by atoms with Crippen LogP contribution in [0.2, 0.25) is 0 Å². The molecule has 9 nitrogen and oxygen atoms in total. The Labute approximate surface area is 197 Å². The van der Waals surface area contributed by atoms with Gasteiger partial charge in [-0.3, -0.25) is 14.5 Å². The van der Waals surface area contributed by atoms with Crippen LogP contribution >= 0.6 is 0 Å². The fourth-order valence-electron chi connectivity index (χ4n) is 3.60. The summed E-state index contributed by atoms with van der Waals surface area (Å²) in [5, 5.41) is 10.8. The molecule has 0 aliphatic heterocycles. The number of hydrogen-bond acceptors (Lipinski definition) is 6. The molecule has 4 aromatic rings. The van der Waals surface area contributed by atoms with Crippen molar-refractivity contribution >= 4 is 17.8 Å². The van der Waals surface area contributed by atoms with E-state index in [9.17, 15) is 4.79 Å². The Kier molecular flexibility index (Phi) is 7.34. The minimum Gasteiger partial charge on any atom is -0.402 e. The lowest BCUT2D eigenvalue weighted by atomic mass is 10.0. The number of pyridine rings is 1. The van der Waals surface area contributed by atoms with Gasteiger partial charge in [-0.25, -0.2) is 0 Å². The fourth-order valence-corrected chi connectivity index (χ4v) is 3.60. The lowest BCUT2D eigenvalue weighted by Crippen LogP contribution is -2.23. The molecule has 1 aromatic carbocycles. The number of aryl methyl sites for hydroxylation is 1. The van der Waals surface area contributed by atoms with E-state index in [1.165, 1.54) is 0 Å². The molecule has 0 fully saturated rings. The Morgan fingerprint density at radius 3 is 2.74 bits per heavy atom. The number of H-pyrrole nitrogens is 1. The summed E-state index contributed by atoms with van der Waals surface area (Å²) in [6, 6.07) is 15.6. The SMILES string of the molecule is N/C(=C\c1c(-c2ccccc2)c[nH]c1N)CCCCn1cc(C(=O)NCc2ccccn2)nn1. The predicted octanol–water partition coefficient (Wildman–Crippen LogP) is 3.35. The molecule has 34 heavy (non-hydrogen) atoms. The number of nitrogen functional groups attached to an aromatic ring is 1. The molecule has 0 atom stereocenters. The van der Waals surface area contributed by atoms with Gasteiger partial charge >= 0.3 is 0 Å². The van der Waals surface area contributed by atoms with Gasteiger partial charge in [0.2, 0.25) is 0 Å². The van der Waals surface area contributed by atoms with Gasteiger partial charge < -0.3 is 21.8 Å². The van der Waals surface area contributed by atoms with Crippen molar-refractivity contribution in [3.8, 4) is 11.1 Å². The molecule has 0 radical (unpaired) electrons. The average Bonchev–Trinajstić information content (AvgIpc) is 3.49. The molecule has 6 N–H and O–H groups in total. The maximum atomic E-state index is 12.3. The molecule has 4 rings (SSSR count). The third kappa shape index (κ3) is 5.89. The number of nitrogens with zero attached hydrogens (tertiary/aromatic N) is 4. The lowest BCUT2D eigenvalue weighted by Gasteiger charge is -2.05. The Balaban J connectivity index is 1.25. The molecule has 3 heterocycles. The second-order valence-electron chi connectivity index (χ2n) is 7.94. The zero-order chi connectivity index (χ0) is 23.8. The zero-order valence-electron chi connectivity index (χ0n) is 18.8. The molecular weight excluding hydrogens is 428 g/mol. The van der Waals surface area contributed by atoms with Gasteiger partial charge in [-0.2, -0.15) is 0 Å². The second kappa shape index (κ2) is 11.0. The van der Waals surface area contributed by atoms with Crippen LogP contribution < -0.4 is 16.8 Å². The smallest absolute Gasteiger partial charge is 0.273 e. The maximum Gasteiger partial charge on any atom is 0.273 e. The first-order valence-corrected chi connectivity index (χ1v) is 11.2. The van der Waals surface area contributed by atoms with Crippen LogP contribution in [0.25, 0.3) is 17.2 Å². The number of carbonyl (C=O) groups excluding carboxylic acids is 1. The average molecular weight is 457 g/mol. The summed E-state index contributed by atoms with van der Waals surface area (Å²) in [5.41, 5.74) is 17.3. The van der Waals surface area contributed by atoms with Crippen LogP contribution in [-0.2, 0) is 13.1 Å². The lowest BCUT2D eigenvalue weighted by molar-refractivity contribution is 0.0945. The van der Waals surface area contributed by atoms with Crippen LogP contribution in [0.1, 0.15) is 41.0 Å². The Bertz CT molecular complexity index is 1240. The van der Waals surface area contributed by atoms with E-state index < -0.39 is 0 Å². The molecule has 0 aliphatic carbocycles. The molecule has 0 saturated carbocycles. The molecule has 9 heteroatoms. The molecule has 1 amide bonds. The first-order chi connectivity index (χ1) is 16.6. The van der Waals surface area contributed by atoms with Crippen molar-refractivity contribution in [1.82, 2.24) is 30.3 Å². The predicted molar refractivity (Wildman–Crippen MR) is 132 cm³/mol. The molecular formula is C25H28N8O. The summed E-state index contributed by atoms with van der Waals surface area (Å²) in [6.45, 7) is 0.991. The molecule has 0 unspecified atom stereocenters.